The molecule has 3 amide bonds. The van der Waals surface area contributed by atoms with E-state index in [-0.39, 0.29) is 18.6 Å². The Kier molecular flexibility index (Phi) is 14.0. The van der Waals surface area contributed by atoms with Gasteiger partial charge in [0, 0.05) is 6.42 Å². The second kappa shape index (κ2) is 16.4. The van der Waals surface area contributed by atoms with Gasteiger partial charge in [0.05, 0.1) is 12.6 Å². The Morgan fingerprint density at radius 2 is 1.43 bits per heavy atom. The Bertz CT molecular complexity index is 819. The van der Waals surface area contributed by atoms with Gasteiger partial charge in [0.1, 0.15) is 17.8 Å². The number of aromatic hydroxyl groups is 1. The van der Waals surface area contributed by atoms with Gasteiger partial charge in [-0.1, -0.05) is 18.6 Å². The maximum Gasteiger partial charge on any atom is 0.326 e. The van der Waals surface area contributed by atoms with Crippen LogP contribution in [-0.2, 0) is 25.6 Å². The van der Waals surface area contributed by atoms with E-state index in [0.717, 1.165) is 6.42 Å². The Balaban J connectivity index is 2.77. The van der Waals surface area contributed by atoms with Crippen molar-refractivity contribution < 1.29 is 29.4 Å². The van der Waals surface area contributed by atoms with Crippen molar-refractivity contribution in [3.05, 3.63) is 29.8 Å². The largest absolute Gasteiger partial charge is 0.508 e. The molecule has 0 fully saturated rings. The number of hydrogen-bond donors (Lipinski definition) is 8. The zero-order valence-electron chi connectivity index (χ0n) is 19.9. The minimum Gasteiger partial charge on any atom is -0.508 e. The van der Waals surface area contributed by atoms with Crippen molar-refractivity contribution >= 4 is 23.7 Å². The molecule has 12 nitrogen and oxygen atoms in total. The summed E-state index contributed by atoms with van der Waals surface area (Å²) >= 11 is 0. The number of benzene rings is 1. The van der Waals surface area contributed by atoms with Gasteiger partial charge in [0.2, 0.25) is 17.7 Å². The van der Waals surface area contributed by atoms with E-state index in [1.54, 1.807) is 12.1 Å². The van der Waals surface area contributed by atoms with Crippen molar-refractivity contribution in [2.45, 2.75) is 63.1 Å². The quantitative estimate of drug-likeness (QED) is 0.120. The molecule has 0 aliphatic heterocycles. The average Bonchev–Trinajstić information content (AvgIpc) is 2.82. The fraction of sp³-hybridized carbons (Fsp3) is 0.565. The summed E-state index contributed by atoms with van der Waals surface area (Å²) < 4.78 is 0. The summed E-state index contributed by atoms with van der Waals surface area (Å²) in [7, 11) is 0. The number of phenols is 1. The van der Waals surface area contributed by atoms with Crippen molar-refractivity contribution in [3.63, 3.8) is 0 Å². The van der Waals surface area contributed by atoms with Gasteiger partial charge >= 0.3 is 5.97 Å². The predicted molar refractivity (Wildman–Crippen MR) is 130 cm³/mol. The van der Waals surface area contributed by atoms with Crippen LogP contribution in [0.3, 0.4) is 0 Å². The molecule has 0 bridgehead atoms. The molecule has 196 valence electrons. The van der Waals surface area contributed by atoms with Crippen LogP contribution in [0.2, 0.25) is 0 Å². The molecule has 12 heteroatoms. The molecular formula is C23H38N6O6. The summed E-state index contributed by atoms with van der Waals surface area (Å²) in [5.41, 5.74) is 17.5. The molecule has 35 heavy (non-hydrogen) atoms. The second-order valence-electron chi connectivity index (χ2n) is 8.28. The van der Waals surface area contributed by atoms with E-state index >= 15 is 0 Å². The first-order chi connectivity index (χ1) is 16.7. The summed E-state index contributed by atoms with van der Waals surface area (Å²) in [4.78, 5) is 49.0. The summed E-state index contributed by atoms with van der Waals surface area (Å²) in [5, 5.41) is 26.2. The molecule has 0 saturated carbocycles. The van der Waals surface area contributed by atoms with Gasteiger partial charge in [-0.15, -0.1) is 0 Å². The van der Waals surface area contributed by atoms with E-state index in [1.165, 1.54) is 12.1 Å². The lowest BCUT2D eigenvalue weighted by Gasteiger charge is -2.21. The topological polar surface area (TPSA) is 223 Å². The van der Waals surface area contributed by atoms with Crippen LogP contribution in [0, 0.1) is 0 Å². The highest BCUT2D eigenvalue weighted by molar-refractivity contribution is 5.92. The van der Waals surface area contributed by atoms with E-state index in [4.69, 9.17) is 17.2 Å². The van der Waals surface area contributed by atoms with Crippen LogP contribution in [0.15, 0.2) is 24.3 Å². The maximum absolute atomic E-state index is 12.8. The molecule has 0 radical (unpaired) electrons. The lowest BCUT2D eigenvalue weighted by atomic mass is 10.0. The van der Waals surface area contributed by atoms with Gasteiger partial charge in [0.25, 0.3) is 0 Å². The Labute approximate surface area is 205 Å². The number of phenolic OH excluding ortho intramolecular Hbond substituents is 1. The number of unbranched alkanes of at least 4 members (excludes halogenated alkanes) is 2. The Morgan fingerprint density at radius 3 is 2.00 bits per heavy atom. The van der Waals surface area contributed by atoms with Crippen LogP contribution in [0.4, 0.5) is 0 Å². The highest BCUT2D eigenvalue weighted by Crippen LogP contribution is 2.12. The average molecular weight is 495 g/mol. The fourth-order valence-electron chi connectivity index (χ4n) is 3.28. The second-order valence-corrected chi connectivity index (χ2v) is 8.28. The van der Waals surface area contributed by atoms with Crippen molar-refractivity contribution in [3.8, 4) is 5.75 Å². The number of carbonyl (C=O) groups excluding carboxylic acids is 3. The molecule has 0 heterocycles. The zero-order chi connectivity index (χ0) is 26.2. The summed E-state index contributed by atoms with van der Waals surface area (Å²) in [5.74, 6) is -2.95. The van der Waals surface area contributed by atoms with Crippen LogP contribution in [0.5, 0.6) is 5.75 Å². The van der Waals surface area contributed by atoms with E-state index in [9.17, 15) is 29.4 Å². The van der Waals surface area contributed by atoms with Crippen LogP contribution in [0.1, 0.15) is 44.1 Å². The Morgan fingerprint density at radius 1 is 0.829 bits per heavy atom. The molecule has 0 aliphatic carbocycles. The minimum atomic E-state index is -1.18. The first-order valence-electron chi connectivity index (χ1n) is 11.7. The molecule has 3 unspecified atom stereocenters. The highest BCUT2D eigenvalue weighted by Gasteiger charge is 2.25. The molecular weight excluding hydrogens is 456 g/mol. The number of nitrogens with one attached hydrogen (secondary N) is 3. The molecule has 0 saturated heterocycles. The van der Waals surface area contributed by atoms with Crippen LogP contribution < -0.4 is 33.2 Å². The molecule has 1 aromatic rings. The number of carbonyl (C=O) groups is 4. The van der Waals surface area contributed by atoms with Gasteiger partial charge in [-0.3, -0.25) is 14.4 Å². The van der Waals surface area contributed by atoms with E-state index in [1.807, 2.05) is 0 Å². The zero-order valence-corrected chi connectivity index (χ0v) is 19.9. The van der Waals surface area contributed by atoms with E-state index < -0.39 is 48.4 Å². The fourth-order valence-corrected chi connectivity index (χ4v) is 3.28. The molecule has 11 N–H and O–H groups in total. The maximum atomic E-state index is 12.8. The molecule has 3 atom stereocenters. The number of rotatable bonds is 17. The summed E-state index contributed by atoms with van der Waals surface area (Å²) in [6.07, 6.45) is 3.25. The number of carboxylic acid groups (broad SMARTS) is 1. The van der Waals surface area contributed by atoms with Crippen molar-refractivity contribution in [1.29, 1.82) is 0 Å². The normalized spacial score (nSPS) is 13.3. The van der Waals surface area contributed by atoms with Crippen LogP contribution in [-0.4, -0.2) is 71.7 Å². The molecule has 0 aromatic heterocycles. The number of carboxylic acids is 1. The number of aliphatic carboxylic acids is 1. The predicted octanol–water partition coefficient (Wildman–Crippen LogP) is -1.31. The highest BCUT2D eigenvalue weighted by atomic mass is 16.4. The first kappa shape index (κ1) is 29.8. The summed E-state index contributed by atoms with van der Waals surface area (Å²) in [6, 6.07) is 3.15. The van der Waals surface area contributed by atoms with Crippen LogP contribution >= 0.6 is 0 Å². The van der Waals surface area contributed by atoms with Gasteiger partial charge < -0.3 is 43.4 Å². The van der Waals surface area contributed by atoms with Gasteiger partial charge in [-0.2, -0.15) is 0 Å². The lowest BCUT2D eigenvalue weighted by Crippen LogP contribution is -2.54. The minimum absolute atomic E-state index is 0.0526. The molecule has 1 rings (SSSR count). The third-order valence-corrected chi connectivity index (χ3v) is 5.32. The standard InChI is InChI=1S/C23H38N6O6/c24-11-3-1-5-17(26)21(32)29-19(13-15-7-9-16(30)10-8-15)22(33)27-14-20(31)28-18(23(34)35)6-2-4-12-25/h7-10,17-19,30H,1-6,11-14,24-26H2,(H,27,33)(H,28,31)(H,29,32)(H,34,35). The lowest BCUT2D eigenvalue weighted by molar-refractivity contribution is -0.142. The molecule has 1 aromatic carbocycles. The third kappa shape index (κ3) is 12.2. The van der Waals surface area contributed by atoms with Crippen molar-refractivity contribution in [2.75, 3.05) is 19.6 Å². The van der Waals surface area contributed by atoms with Crippen molar-refractivity contribution in [2.24, 2.45) is 17.2 Å². The van der Waals surface area contributed by atoms with Gasteiger partial charge in [-0.05, 0) is 62.9 Å². The number of amides is 3. The van der Waals surface area contributed by atoms with Gasteiger partial charge in [-0.25, -0.2) is 4.79 Å². The number of hydrogen-bond acceptors (Lipinski definition) is 8. The van der Waals surface area contributed by atoms with Gasteiger partial charge in [0.15, 0.2) is 0 Å². The van der Waals surface area contributed by atoms with Crippen LogP contribution in [0.25, 0.3) is 0 Å². The monoisotopic (exact) mass is 494 g/mol. The third-order valence-electron chi connectivity index (χ3n) is 5.32. The first-order valence-corrected chi connectivity index (χ1v) is 11.7. The Hall–Kier alpha value is -3.22. The smallest absolute Gasteiger partial charge is 0.326 e. The molecule has 0 aliphatic rings. The van der Waals surface area contributed by atoms with E-state index in [0.29, 0.717) is 44.3 Å². The number of nitrogens with two attached hydrogens (primary N) is 3. The summed E-state index contributed by atoms with van der Waals surface area (Å²) in [6.45, 7) is 0.434. The van der Waals surface area contributed by atoms with Crippen molar-refractivity contribution in [1.82, 2.24) is 16.0 Å². The van der Waals surface area contributed by atoms with E-state index in [2.05, 4.69) is 16.0 Å². The SMILES string of the molecule is NCCCCC(N)C(=O)NC(Cc1ccc(O)cc1)C(=O)NCC(=O)NC(CCCCN)C(=O)O. The molecule has 0 spiro atoms.